The lowest BCUT2D eigenvalue weighted by Gasteiger charge is -2.14. The fourth-order valence-corrected chi connectivity index (χ4v) is 1.54. The second-order valence-electron chi connectivity index (χ2n) is 4.92. The van der Waals surface area contributed by atoms with Crippen molar-refractivity contribution in [3.63, 3.8) is 0 Å². The van der Waals surface area contributed by atoms with Crippen molar-refractivity contribution in [2.75, 3.05) is 6.61 Å². The molecule has 0 amide bonds. The van der Waals surface area contributed by atoms with Crippen LogP contribution in [0.2, 0.25) is 0 Å². The molecule has 19 heavy (non-hydrogen) atoms. The molecule has 5 nitrogen and oxygen atoms in total. The van der Waals surface area contributed by atoms with Gasteiger partial charge in [0.25, 0.3) is 0 Å². The Morgan fingerprint density at radius 2 is 1.68 bits per heavy atom. The van der Waals surface area contributed by atoms with Gasteiger partial charge in [0.15, 0.2) is 23.0 Å². The van der Waals surface area contributed by atoms with Gasteiger partial charge in [-0.25, -0.2) is 0 Å². The quantitative estimate of drug-likeness (QED) is 0.545. The third-order valence-corrected chi connectivity index (χ3v) is 2.79. The fourth-order valence-electron chi connectivity index (χ4n) is 1.54. The summed E-state index contributed by atoms with van der Waals surface area (Å²) in [6.45, 7) is 6.21. The summed E-state index contributed by atoms with van der Waals surface area (Å²) in [5, 5.41) is 27.9. The molecule has 1 atom stereocenters. The van der Waals surface area contributed by atoms with Crippen LogP contribution in [-0.2, 0) is 4.74 Å². The summed E-state index contributed by atoms with van der Waals surface area (Å²) in [6.07, 6.45) is 0.186. The molecular formula is C14H20O5. The molecule has 0 saturated carbocycles. The van der Waals surface area contributed by atoms with Crippen LogP contribution in [0.4, 0.5) is 0 Å². The Morgan fingerprint density at radius 1 is 1.16 bits per heavy atom. The van der Waals surface area contributed by atoms with Crippen molar-refractivity contribution < 1.29 is 24.9 Å². The Labute approximate surface area is 112 Å². The predicted octanol–water partition coefficient (Wildman–Crippen LogP) is 2.44. The third kappa shape index (κ3) is 4.13. The molecule has 0 saturated heterocycles. The highest BCUT2D eigenvalue weighted by molar-refractivity contribution is 6.00. The number of phenols is 3. The van der Waals surface area contributed by atoms with E-state index in [1.165, 1.54) is 0 Å². The van der Waals surface area contributed by atoms with E-state index in [2.05, 4.69) is 13.8 Å². The van der Waals surface area contributed by atoms with Gasteiger partial charge < -0.3 is 20.1 Å². The Kier molecular flexibility index (Phi) is 5.18. The van der Waals surface area contributed by atoms with E-state index in [0.717, 1.165) is 18.6 Å². The monoisotopic (exact) mass is 268 g/mol. The molecule has 1 rings (SSSR count). The molecule has 5 heteroatoms. The third-order valence-electron chi connectivity index (χ3n) is 2.79. The number of ketones is 1. The zero-order valence-corrected chi connectivity index (χ0v) is 11.4. The highest BCUT2D eigenvalue weighted by Crippen LogP contribution is 2.35. The van der Waals surface area contributed by atoms with E-state index in [1.54, 1.807) is 6.92 Å². The van der Waals surface area contributed by atoms with Crippen LogP contribution in [0.15, 0.2) is 12.1 Å². The van der Waals surface area contributed by atoms with Gasteiger partial charge in [0.05, 0.1) is 0 Å². The van der Waals surface area contributed by atoms with Crippen molar-refractivity contribution in [2.24, 2.45) is 5.92 Å². The highest BCUT2D eigenvalue weighted by Gasteiger charge is 2.19. The Hall–Kier alpha value is -1.75. The summed E-state index contributed by atoms with van der Waals surface area (Å²) in [5.41, 5.74) is 0.102. The average molecular weight is 268 g/mol. The molecule has 0 aliphatic heterocycles. The van der Waals surface area contributed by atoms with Gasteiger partial charge in [-0.3, -0.25) is 4.79 Å². The number of benzene rings is 1. The molecule has 1 unspecified atom stereocenters. The normalized spacial score (nSPS) is 12.6. The van der Waals surface area contributed by atoms with Gasteiger partial charge in [0.1, 0.15) is 6.10 Å². The summed E-state index contributed by atoms with van der Waals surface area (Å²) in [5.74, 6) is -1.56. The van der Waals surface area contributed by atoms with Gasteiger partial charge in [0, 0.05) is 12.2 Å². The van der Waals surface area contributed by atoms with E-state index in [0.29, 0.717) is 12.5 Å². The average Bonchev–Trinajstić information content (AvgIpc) is 2.33. The van der Waals surface area contributed by atoms with E-state index in [4.69, 9.17) is 4.74 Å². The van der Waals surface area contributed by atoms with E-state index < -0.39 is 23.4 Å². The Balaban J connectivity index is 2.72. The smallest absolute Gasteiger partial charge is 0.200 e. The minimum absolute atomic E-state index is 0.102. The summed E-state index contributed by atoms with van der Waals surface area (Å²) in [6, 6.07) is 2.22. The summed E-state index contributed by atoms with van der Waals surface area (Å²) >= 11 is 0. The number of rotatable bonds is 6. The van der Waals surface area contributed by atoms with Crippen LogP contribution in [0.3, 0.4) is 0 Å². The van der Waals surface area contributed by atoms with E-state index in [9.17, 15) is 20.1 Å². The molecule has 0 aromatic heterocycles. The maximum atomic E-state index is 12.0. The first-order chi connectivity index (χ1) is 8.82. The van der Waals surface area contributed by atoms with Gasteiger partial charge in [-0.2, -0.15) is 0 Å². The van der Waals surface area contributed by atoms with Gasteiger partial charge in [-0.05, 0) is 31.4 Å². The molecule has 0 bridgehead atoms. The number of phenolic OH excluding ortho intramolecular Hbond substituents is 3. The molecule has 0 heterocycles. The van der Waals surface area contributed by atoms with Crippen molar-refractivity contribution >= 4 is 5.78 Å². The topological polar surface area (TPSA) is 87.0 Å². The first kappa shape index (κ1) is 15.3. The fraction of sp³-hybridized carbons (Fsp3) is 0.500. The van der Waals surface area contributed by atoms with Crippen molar-refractivity contribution in [1.29, 1.82) is 0 Å². The Bertz CT molecular complexity index is 430. The molecule has 0 aliphatic rings. The number of carbonyl (C=O) groups is 1. The highest BCUT2D eigenvalue weighted by atomic mass is 16.5. The van der Waals surface area contributed by atoms with E-state index >= 15 is 0 Å². The molecule has 106 valence electrons. The van der Waals surface area contributed by atoms with Gasteiger partial charge in [-0.15, -0.1) is 0 Å². The van der Waals surface area contributed by atoms with Crippen molar-refractivity contribution in [3.8, 4) is 17.2 Å². The molecule has 0 aliphatic carbocycles. The zero-order chi connectivity index (χ0) is 14.6. The number of hydrogen-bond acceptors (Lipinski definition) is 5. The molecule has 0 spiro atoms. The second kappa shape index (κ2) is 6.43. The Morgan fingerprint density at radius 3 is 2.16 bits per heavy atom. The second-order valence-corrected chi connectivity index (χ2v) is 4.92. The first-order valence-electron chi connectivity index (χ1n) is 6.23. The van der Waals surface area contributed by atoms with Crippen LogP contribution in [-0.4, -0.2) is 33.8 Å². The molecule has 0 radical (unpaired) electrons. The largest absolute Gasteiger partial charge is 0.504 e. The maximum Gasteiger partial charge on any atom is 0.200 e. The SMILES string of the molecule is CC(C)CCOC(C)C(=O)c1cc(O)c(O)c(O)c1. The van der Waals surface area contributed by atoms with Crippen LogP contribution in [0, 0.1) is 5.92 Å². The number of Topliss-reactive ketones (excluding diaryl/α,β-unsaturated/α-hetero) is 1. The van der Waals surface area contributed by atoms with Crippen LogP contribution >= 0.6 is 0 Å². The minimum atomic E-state index is -0.665. The van der Waals surface area contributed by atoms with Crippen LogP contribution in [0.25, 0.3) is 0 Å². The lowest BCUT2D eigenvalue weighted by atomic mass is 10.1. The standard InChI is InChI=1S/C14H20O5/c1-8(2)4-5-19-9(3)13(17)10-6-11(15)14(18)12(16)7-10/h6-9,15-16,18H,4-5H2,1-3H3. The van der Waals surface area contributed by atoms with Crippen LogP contribution < -0.4 is 0 Å². The molecule has 3 N–H and O–H groups in total. The van der Waals surface area contributed by atoms with Crippen molar-refractivity contribution in [1.82, 2.24) is 0 Å². The first-order valence-corrected chi connectivity index (χ1v) is 6.23. The molecule has 1 aromatic rings. The lowest BCUT2D eigenvalue weighted by molar-refractivity contribution is 0.0442. The predicted molar refractivity (Wildman–Crippen MR) is 70.6 cm³/mol. The van der Waals surface area contributed by atoms with Crippen molar-refractivity contribution in [3.05, 3.63) is 17.7 Å². The maximum absolute atomic E-state index is 12.0. The lowest BCUT2D eigenvalue weighted by Crippen LogP contribution is -2.21. The van der Waals surface area contributed by atoms with E-state index in [-0.39, 0.29) is 11.3 Å². The summed E-state index contributed by atoms with van der Waals surface area (Å²) in [7, 11) is 0. The van der Waals surface area contributed by atoms with Crippen LogP contribution in [0.5, 0.6) is 17.2 Å². The van der Waals surface area contributed by atoms with Crippen molar-refractivity contribution in [2.45, 2.75) is 33.3 Å². The van der Waals surface area contributed by atoms with E-state index in [1.807, 2.05) is 0 Å². The van der Waals surface area contributed by atoms with Gasteiger partial charge in [-0.1, -0.05) is 13.8 Å². The number of ether oxygens (including phenoxy) is 1. The summed E-state index contributed by atoms with van der Waals surface area (Å²) < 4.78 is 5.40. The molecule has 0 fully saturated rings. The van der Waals surface area contributed by atoms with Crippen LogP contribution in [0.1, 0.15) is 37.6 Å². The number of hydrogen-bond donors (Lipinski definition) is 3. The van der Waals surface area contributed by atoms with Gasteiger partial charge >= 0.3 is 0 Å². The zero-order valence-electron chi connectivity index (χ0n) is 11.4. The number of aromatic hydroxyl groups is 3. The molecular weight excluding hydrogens is 248 g/mol. The number of carbonyl (C=O) groups excluding carboxylic acids is 1. The summed E-state index contributed by atoms with van der Waals surface area (Å²) in [4.78, 5) is 12.0. The minimum Gasteiger partial charge on any atom is -0.504 e. The van der Waals surface area contributed by atoms with Gasteiger partial charge in [0.2, 0.25) is 0 Å². The molecule has 1 aromatic carbocycles.